The number of amides is 2. The summed E-state index contributed by atoms with van der Waals surface area (Å²) >= 11 is 0. The molecule has 1 saturated heterocycles. The van der Waals surface area contributed by atoms with Crippen LogP contribution in [0.3, 0.4) is 0 Å². The summed E-state index contributed by atoms with van der Waals surface area (Å²) in [6.07, 6.45) is 1.45. The Kier molecular flexibility index (Phi) is 5.78. The van der Waals surface area contributed by atoms with Crippen LogP contribution in [0.2, 0.25) is 0 Å². The molecule has 1 fully saturated rings. The van der Waals surface area contributed by atoms with Crippen LogP contribution < -0.4 is 5.32 Å². The van der Waals surface area contributed by atoms with E-state index < -0.39 is 5.97 Å². The summed E-state index contributed by atoms with van der Waals surface area (Å²) in [5, 5.41) is 12.0. The van der Waals surface area contributed by atoms with E-state index in [2.05, 4.69) is 5.32 Å². The number of aromatic carboxylic acids is 1. The van der Waals surface area contributed by atoms with E-state index in [4.69, 9.17) is 0 Å². The Labute approximate surface area is 164 Å². The fourth-order valence-electron chi connectivity index (χ4n) is 3.43. The summed E-state index contributed by atoms with van der Waals surface area (Å²) in [7, 11) is 0. The van der Waals surface area contributed by atoms with Crippen molar-refractivity contribution >= 4 is 23.5 Å². The number of hydrogen-bond acceptors (Lipinski definition) is 3. The number of carboxylic acid groups (broad SMARTS) is 1. The normalized spacial score (nSPS) is 16.5. The summed E-state index contributed by atoms with van der Waals surface area (Å²) in [5.74, 6) is -1.61. The topological polar surface area (TPSA) is 86.7 Å². The van der Waals surface area contributed by atoms with Crippen LogP contribution in [0.5, 0.6) is 0 Å². The highest BCUT2D eigenvalue weighted by Crippen LogP contribution is 2.22. The molecule has 1 atom stereocenters. The van der Waals surface area contributed by atoms with Gasteiger partial charge in [-0.3, -0.25) is 9.59 Å². The third-order valence-electron chi connectivity index (χ3n) is 5.11. The molecule has 6 heteroatoms. The van der Waals surface area contributed by atoms with E-state index >= 15 is 0 Å². The van der Waals surface area contributed by atoms with Crippen LogP contribution in [0.15, 0.2) is 42.5 Å². The average Bonchev–Trinajstić information content (AvgIpc) is 2.69. The van der Waals surface area contributed by atoms with Gasteiger partial charge in [0.25, 0.3) is 5.91 Å². The maximum absolute atomic E-state index is 12.7. The third-order valence-corrected chi connectivity index (χ3v) is 5.11. The number of carboxylic acids is 1. The molecule has 3 rings (SSSR count). The molecule has 0 bridgehead atoms. The molecule has 2 amide bonds. The van der Waals surface area contributed by atoms with E-state index in [9.17, 15) is 19.5 Å². The summed E-state index contributed by atoms with van der Waals surface area (Å²) in [6, 6.07) is 12.2. The van der Waals surface area contributed by atoms with Crippen LogP contribution in [0.1, 0.15) is 44.7 Å². The molecule has 146 valence electrons. The van der Waals surface area contributed by atoms with Gasteiger partial charge in [-0.15, -0.1) is 0 Å². The Morgan fingerprint density at radius 1 is 1.07 bits per heavy atom. The van der Waals surface area contributed by atoms with Crippen molar-refractivity contribution in [3.8, 4) is 0 Å². The van der Waals surface area contributed by atoms with Gasteiger partial charge in [-0.1, -0.05) is 23.8 Å². The number of carbonyl (C=O) groups is 3. The minimum absolute atomic E-state index is 0.0685. The van der Waals surface area contributed by atoms with Crippen molar-refractivity contribution in [2.45, 2.75) is 26.7 Å². The highest BCUT2D eigenvalue weighted by atomic mass is 16.4. The smallest absolute Gasteiger partial charge is 0.336 e. The number of benzene rings is 2. The van der Waals surface area contributed by atoms with Crippen molar-refractivity contribution in [1.29, 1.82) is 0 Å². The number of rotatable bonds is 4. The second kappa shape index (κ2) is 8.25. The van der Waals surface area contributed by atoms with Gasteiger partial charge in [0.05, 0.1) is 11.5 Å². The molecule has 1 unspecified atom stereocenters. The van der Waals surface area contributed by atoms with Gasteiger partial charge in [0.2, 0.25) is 5.91 Å². The Balaban J connectivity index is 1.67. The molecule has 1 aliphatic rings. The molecular formula is C22H24N2O4. The predicted octanol–water partition coefficient (Wildman–Crippen LogP) is 3.49. The first-order chi connectivity index (χ1) is 13.3. The van der Waals surface area contributed by atoms with Gasteiger partial charge in [-0.05, 0) is 56.5 Å². The van der Waals surface area contributed by atoms with Crippen LogP contribution in [0.4, 0.5) is 5.69 Å². The number of aryl methyl sites for hydroxylation is 2. The second-order valence-corrected chi connectivity index (χ2v) is 7.28. The van der Waals surface area contributed by atoms with E-state index in [1.807, 2.05) is 19.1 Å². The standard InChI is InChI=1S/C22H24N2O4/c1-14-5-8-16(9-6-14)21(26)24-11-3-4-17(13-24)20(25)23-18-10-7-15(2)19(12-18)22(27)28/h5-10,12,17H,3-4,11,13H2,1-2H3,(H,23,25)(H,27,28). The second-order valence-electron chi connectivity index (χ2n) is 7.28. The Morgan fingerprint density at radius 3 is 2.46 bits per heavy atom. The fraction of sp³-hybridized carbons (Fsp3) is 0.318. The number of likely N-dealkylation sites (tertiary alicyclic amines) is 1. The first-order valence-corrected chi connectivity index (χ1v) is 9.36. The van der Waals surface area contributed by atoms with Crippen LogP contribution >= 0.6 is 0 Å². The van der Waals surface area contributed by atoms with Crippen LogP contribution in [0.25, 0.3) is 0 Å². The minimum atomic E-state index is -1.03. The molecule has 0 aromatic heterocycles. The molecule has 2 aromatic carbocycles. The molecule has 0 spiro atoms. The van der Waals surface area contributed by atoms with Gasteiger partial charge in [-0.2, -0.15) is 0 Å². The van der Waals surface area contributed by atoms with Gasteiger partial charge >= 0.3 is 5.97 Å². The Morgan fingerprint density at radius 2 is 1.79 bits per heavy atom. The average molecular weight is 380 g/mol. The van der Waals surface area contributed by atoms with E-state index in [1.165, 1.54) is 6.07 Å². The molecule has 1 aliphatic heterocycles. The first kappa shape index (κ1) is 19.6. The Hall–Kier alpha value is -3.15. The zero-order chi connectivity index (χ0) is 20.3. The summed E-state index contributed by atoms with van der Waals surface area (Å²) in [5.41, 5.74) is 2.97. The van der Waals surface area contributed by atoms with E-state index in [0.29, 0.717) is 36.3 Å². The van der Waals surface area contributed by atoms with Crippen LogP contribution in [-0.2, 0) is 4.79 Å². The number of nitrogens with zero attached hydrogens (tertiary/aromatic N) is 1. The quantitative estimate of drug-likeness (QED) is 0.850. The van der Waals surface area contributed by atoms with Crippen molar-refractivity contribution < 1.29 is 19.5 Å². The van der Waals surface area contributed by atoms with E-state index in [1.54, 1.807) is 36.1 Å². The molecule has 2 aromatic rings. The number of anilines is 1. The van der Waals surface area contributed by atoms with Gasteiger partial charge < -0.3 is 15.3 Å². The van der Waals surface area contributed by atoms with Crippen molar-refractivity contribution in [2.75, 3.05) is 18.4 Å². The summed E-state index contributed by atoms with van der Waals surface area (Å²) < 4.78 is 0. The monoisotopic (exact) mass is 380 g/mol. The fourth-order valence-corrected chi connectivity index (χ4v) is 3.43. The highest BCUT2D eigenvalue weighted by Gasteiger charge is 2.29. The van der Waals surface area contributed by atoms with Gasteiger partial charge in [-0.25, -0.2) is 4.79 Å². The minimum Gasteiger partial charge on any atom is -0.478 e. The molecular weight excluding hydrogens is 356 g/mol. The highest BCUT2D eigenvalue weighted by molar-refractivity contribution is 5.97. The van der Waals surface area contributed by atoms with Crippen LogP contribution in [0, 0.1) is 19.8 Å². The van der Waals surface area contributed by atoms with Crippen molar-refractivity contribution in [3.63, 3.8) is 0 Å². The third kappa shape index (κ3) is 4.39. The maximum Gasteiger partial charge on any atom is 0.336 e. The zero-order valence-electron chi connectivity index (χ0n) is 16.1. The largest absolute Gasteiger partial charge is 0.478 e. The zero-order valence-corrected chi connectivity index (χ0v) is 16.1. The van der Waals surface area contributed by atoms with Crippen molar-refractivity contribution in [3.05, 3.63) is 64.7 Å². The molecule has 28 heavy (non-hydrogen) atoms. The molecule has 6 nitrogen and oxygen atoms in total. The van der Waals surface area contributed by atoms with E-state index in [0.717, 1.165) is 12.0 Å². The lowest BCUT2D eigenvalue weighted by atomic mass is 9.96. The SMILES string of the molecule is Cc1ccc(C(=O)N2CCCC(C(=O)Nc3ccc(C)c(C(=O)O)c3)C2)cc1. The lowest BCUT2D eigenvalue weighted by Gasteiger charge is -2.32. The van der Waals surface area contributed by atoms with Gasteiger partial charge in [0.1, 0.15) is 0 Å². The lowest BCUT2D eigenvalue weighted by molar-refractivity contribution is -0.121. The van der Waals surface area contributed by atoms with Crippen molar-refractivity contribution in [2.24, 2.45) is 5.92 Å². The molecule has 2 N–H and O–H groups in total. The number of piperidine rings is 1. The van der Waals surface area contributed by atoms with E-state index in [-0.39, 0.29) is 23.3 Å². The van der Waals surface area contributed by atoms with Crippen molar-refractivity contribution in [1.82, 2.24) is 4.90 Å². The number of hydrogen-bond donors (Lipinski definition) is 2. The first-order valence-electron chi connectivity index (χ1n) is 9.36. The maximum atomic E-state index is 12.7. The number of carbonyl (C=O) groups excluding carboxylic acids is 2. The van der Waals surface area contributed by atoms with Gasteiger partial charge in [0, 0.05) is 24.3 Å². The summed E-state index contributed by atoms with van der Waals surface area (Å²) in [4.78, 5) is 38.4. The molecule has 0 saturated carbocycles. The molecule has 0 radical (unpaired) electrons. The van der Waals surface area contributed by atoms with Crippen LogP contribution in [-0.4, -0.2) is 40.9 Å². The summed E-state index contributed by atoms with van der Waals surface area (Å²) in [6.45, 7) is 4.67. The number of nitrogens with one attached hydrogen (secondary N) is 1. The molecule has 0 aliphatic carbocycles. The Bertz CT molecular complexity index is 905. The van der Waals surface area contributed by atoms with Gasteiger partial charge in [0.15, 0.2) is 0 Å². The molecule has 1 heterocycles. The lowest BCUT2D eigenvalue weighted by Crippen LogP contribution is -2.43. The predicted molar refractivity (Wildman–Crippen MR) is 107 cm³/mol.